The number of rotatable bonds is 3. The summed E-state index contributed by atoms with van der Waals surface area (Å²) in [7, 11) is 0. The van der Waals surface area contributed by atoms with Crippen molar-refractivity contribution in [2.75, 3.05) is 32.8 Å². The molecule has 0 radical (unpaired) electrons. The van der Waals surface area contributed by atoms with Crippen LogP contribution in [0.2, 0.25) is 0 Å². The van der Waals surface area contributed by atoms with Gasteiger partial charge in [0, 0.05) is 18.0 Å². The van der Waals surface area contributed by atoms with Crippen LogP contribution < -0.4 is 15.2 Å². The second-order valence-corrected chi connectivity index (χ2v) is 7.25. The number of hydrogen-bond acceptors (Lipinski definition) is 5. The zero-order valence-electron chi connectivity index (χ0n) is 13.8. The first kappa shape index (κ1) is 18.0. The van der Waals surface area contributed by atoms with Crippen LogP contribution in [0.1, 0.15) is 16.1 Å². The molecule has 4 rings (SSSR count). The number of nitrogens with zero attached hydrogens (tertiary/aromatic N) is 1. The molecule has 7 heteroatoms. The highest BCUT2D eigenvalue weighted by atomic mass is 35.5. The van der Waals surface area contributed by atoms with Crippen molar-refractivity contribution in [3.63, 3.8) is 0 Å². The summed E-state index contributed by atoms with van der Waals surface area (Å²) in [6.07, 6.45) is 1.00. The van der Waals surface area contributed by atoms with Crippen LogP contribution in [-0.4, -0.2) is 43.7 Å². The normalized spacial score (nSPS) is 18.8. The Hall–Kier alpha value is -1.76. The first-order valence-electron chi connectivity index (χ1n) is 8.24. The Morgan fingerprint density at radius 2 is 2.00 bits per heavy atom. The smallest absolute Gasteiger partial charge is 0.263 e. The fourth-order valence-electron chi connectivity index (χ4n) is 3.17. The van der Waals surface area contributed by atoms with Gasteiger partial charge in [0.05, 0.1) is 4.88 Å². The maximum atomic E-state index is 12.6. The van der Waals surface area contributed by atoms with Gasteiger partial charge in [0.2, 0.25) is 0 Å². The van der Waals surface area contributed by atoms with Gasteiger partial charge in [-0.25, -0.2) is 0 Å². The Labute approximate surface area is 157 Å². The summed E-state index contributed by atoms with van der Waals surface area (Å²) in [5.41, 5.74) is 6.76. The fourth-order valence-corrected chi connectivity index (χ4v) is 4.14. The average molecular weight is 381 g/mol. The molecule has 1 unspecified atom stereocenters. The molecule has 0 saturated carbocycles. The topological polar surface area (TPSA) is 64.8 Å². The molecule has 1 amide bonds. The van der Waals surface area contributed by atoms with Crippen LogP contribution in [-0.2, 0) is 0 Å². The Morgan fingerprint density at radius 1 is 1.20 bits per heavy atom. The molecule has 0 spiro atoms. The Morgan fingerprint density at radius 3 is 2.76 bits per heavy atom. The minimum absolute atomic E-state index is 0. The molecule has 0 bridgehead atoms. The quantitative estimate of drug-likeness (QED) is 0.888. The number of likely N-dealkylation sites (tertiary alicyclic amines) is 1. The molecule has 1 saturated heterocycles. The van der Waals surface area contributed by atoms with Gasteiger partial charge in [-0.05, 0) is 54.8 Å². The van der Waals surface area contributed by atoms with Gasteiger partial charge in [-0.3, -0.25) is 4.79 Å². The lowest BCUT2D eigenvalue weighted by atomic mass is 10.1. The highest BCUT2D eigenvalue weighted by Gasteiger charge is 2.27. The van der Waals surface area contributed by atoms with Crippen LogP contribution in [0, 0.1) is 5.92 Å². The van der Waals surface area contributed by atoms with Gasteiger partial charge in [-0.2, -0.15) is 0 Å². The molecular formula is C18H21ClN2O3S. The van der Waals surface area contributed by atoms with Crippen LogP contribution in [0.25, 0.3) is 10.4 Å². The van der Waals surface area contributed by atoms with E-state index in [1.54, 1.807) is 0 Å². The maximum Gasteiger partial charge on any atom is 0.263 e. The van der Waals surface area contributed by atoms with Crippen molar-refractivity contribution >= 4 is 29.7 Å². The lowest BCUT2D eigenvalue weighted by molar-refractivity contribution is 0.0792. The summed E-state index contributed by atoms with van der Waals surface area (Å²) in [5, 5.41) is 0. The lowest BCUT2D eigenvalue weighted by Gasteiger charge is -2.18. The second-order valence-electron chi connectivity index (χ2n) is 6.16. The standard InChI is InChI=1S/C18H20N2O3S.ClH/c19-10-12-5-6-20(11-12)18(21)17-4-3-16(24-17)13-1-2-14-15(9-13)23-8-7-22-14;/h1-4,9,12H,5-8,10-11,19H2;1H. The summed E-state index contributed by atoms with van der Waals surface area (Å²) in [6.45, 7) is 3.38. The minimum Gasteiger partial charge on any atom is -0.486 e. The van der Waals surface area contributed by atoms with Crippen molar-refractivity contribution in [2.24, 2.45) is 11.7 Å². The van der Waals surface area contributed by atoms with Gasteiger partial charge in [-0.15, -0.1) is 23.7 Å². The van der Waals surface area contributed by atoms with E-state index in [1.807, 2.05) is 35.2 Å². The number of amides is 1. The van der Waals surface area contributed by atoms with E-state index >= 15 is 0 Å². The van der Waals surface area contributed by atoms with Crippen molar-refractivity contribution in [3.8, 4) is 21.9 Å². The number of fused-ring (bicyclic) bond motifs is 1. The highest BCUT2D eigenvalue weighted by molar-refractivity contribution is 7.17. The van der Waals surface area contributed by atoms with Crippen LogP contribution >= 0.6 is 23.7 Å². The maximum absolute atomic E-state index is 12.6. The van der Waals surface area contributed by atoms with Gasteiger partial charge in [-0.1, -0.05) is 0 Å². The third-order valence-corrected chi connectivity index (χ3v) is 5.67. The summed E-state index contributed by atoms with van der Waals surface area (Å²) in [4.78, 5) is 16.4. The highest BCUT2D eigenvalue weighted by Crippen LogP contribution is 2.37. The molecule has 2 aliphatic heterocycles. The summed E-state index contributed by atoms with van der Waals surface area (Å²) in [6, 6.07) is 9.83. The third kappa shape index (κ3) is 3.61. The predicted molar refractivity (Wildman–Crippen MR) is 101 cm³/mol. The van der Waals surface area contributed by atoms with E-state index in [2.05, 4.69) is 0 Å². The molecule has 1 aromatic carbocycles. The number of carbonyl (C=O) groups is 1. The zero-order chi connectivity index (χ0) is 16.5. The Kier molecular flexibility index (Phi) is 5.51. The van der Waals surface area contributed by atoms with Crippen molar-refractivity contribution in [3.05, 3.63) is 35.2 Å². The van der Waals surface area contributed by atoms with E-state index in [-0.39, 0.29) is 18.3 Å². The van der Waals surface area contributed by atoms with Crippen LogP contribution in [0.3, 0.4) is 0 Å². The van der Waals surface area contributed by atoms with Crippen molar-refractivity contribution in [1.29, 1.82) is 0 Å². The second kappa shape index (κ2) is 7.64. The van der Waals surface area contributed by atoms with E-state index in [4.69, 9.17) is 15.2 Å². The number of benzene rings is 1. The molecular weight excluding hydrogens is 360 g/mol. The zero-order valence-corrected chi connectivity index (χ0v) is 15.4. The predicted octanol–water partition coefficient (Wildman–Crippen LogP) is 3.03. The summed E-state index contributed by atoms with van der Waals surface area (Å²) >= 11 is 1.52. The number of carbonyl (C=O) groups excluding carboxylic acids is 1. The average Bonchev–Trinajstić information content (AvgIpc) is 3.30. The first-order valence-corrected chi connectivity index (χ1v) is 9.05. The van der Waals surface area contributed by atoms with Gasteiger partial charge in [0.25, 0.3) is 5.91 Å². The number of ether oxygens (including phenoxy) is 2. The number of nitrogens with two attached hydrogens (primary N) is 1. The molecule has 2 N–H and O–H groups in total. The lowest BCUT2D eigenvalue weighted by Crippen LogP contribution is -2.29. The molecule has 1 fully saturated rings. The van der Waals surface area contributed by atoms with Gasteiger partial charge < -0.3 is 20.1 Å². The van der Waals surface area contributed by atoms with Crippen LogP contribution in [0.15, 0.2) is 30.3 Å². The van der Waals surface area contributed by atoms with E-state index in [0.29, 0.717) is 25.7 Å². The molecule has 2 aliphatic rings. The number of halogens is 1. The monoisotopic (exact) mass is 380 g/mol. The van der Waals surface area contributed by atoms with Crippen molar-refractivity contribution in [2.45, 2.75) is 6.42 Å². The SMILES string of the molecule is Cl.NCC1CCN(C(=O)c2ccc(-c3ccc4c(c3)OCCO4)s2)C1. The number of hydrogen-bond donors (Lipinski definition) is 1. The molecule has 3 heterocycles. The minimum atomic E-state index is 0. The Bertz CT molecular complexity index is 765. The summed E-state index contributed by atoms with van der Waals surface area (Å²) in [5.74, 6) is 2.10. The van der Waals surface area contributed by atoms with Crippen LogP contribution in [0.5, 0.6) is 11.5 Å². The first-order chi connectivity index (χ1) is 11.7. The van der Waals surface area contributed by atoms with Gasteiger partial charge in [0.1, 0.15) is 13.2 Å². The fraction of sp³-hybridized carbons (Fsp3) is 0.389. The molecule has 1 atom stereocenters. The molecule has 0 aliphatic carbocycles. The van der Waals surface area contributed by atoms with Gasteiger partial charge >= 0.3 is 0 Å². The molecule has 2 aromatic rings. The van der Waals surface area contributed by atoms with Crippen LogP contribution in [0.4, 0.5) is 0 Å². The molecule has 25 heavy (non-hydrogen) atoms. The molecule has 1 aromatic heterocycles. The van der Waals surface area contributed by atoms with Crippen molar-refractivity contribution < 1.29 is 14.3 Å². The van der Waals surface area contributed by atoms with Gasteiger partial charge in [0.15, 0.2) is 11.5 Å². The third-order valence-electron chi connectivity index (χ3n) is 4.55. The molecule has 134 valence electrons. The van der Waals surface area contributed by atoms with E-state index in [1.165, 1.54) is 11.3 Å². The van der Waals surface area contributed by atoms with E-state index in [9.17, 15) is 4.79 Å². The summed E-state index contributed by atoms with van der Waals surface area (Å²) < 4.78 is 11.2. The van der Waals surface area contributed by atoms with E-state index < -0.39 is 0 Å². The Balaban J connectivity index is 0.00000182. The number of thiophene rings is 1. The van der Waals surface area contributed by atoms with E-state index in [0.717, 1.165) is 46.3 Å². The largest absolute Gasteiger partial charge is 0.486 e. The van der Waals surface area contributed by atoms with Crippen molar-refractivity contribution in [1.82, 2.24) is 4.90 Å². The molecule has 5 nitrogen and oxygen atoms in total.